The number of nitrogens with two attached hydrogens (primary N) is 1. The van der Waals surface area contributed by atoms with E-state index in [1.54, 1.807) is 0 Å². The van der Waals surface area contributed by atoms with Crippen LogP contribution in [0.3, 0.4) is 0 Å². The molecular formula is C10H12FNO4S. The number of rotatable bonds is 4. The van der Waals surface area contributed by atoms with E-state index in [1.807, 2.05) is 0 Å². The van der Waals surface area contributed by atoms with Crippen molar-refractivity contribution in [3.63, 3.8) is 0 Å². The van der Waals surface area contributed by atoms with Crippen molar-refractivity contribution in [3.8, 4) is 0 Å². The molecule has 0 radical (unpaired) electrons. The third-order valence-corrected chi connectivity index (χ3v) is 3.40. The summed E-state index contributed by atoms with van der Waals surface area (Å²) in [5.41, 5.74) is 5.45. The van der Waals surface area contributed by atoms with Crippen LogP contribution < -0.4 is 5.73 Å². The lowest BCUT2D eigenvalue weighted by Crippen LogP contribution is -2.21. The SMILES string of the molecule is CS(=O)(=O)c1cc(C(CN)C(=O)O)ccc1F. The first-order valence-electron chi connectivity index (χ1n) is 4.69. The van der Waals surface area contributed by atoms with Crippen molar-refractivity contribution in [3.05, 3.63) is 29.6 Å². The standard InChI is InChI=1S/C10H12FNO4S/c1-17(15,16)9-4-6(2-3-8(9)11)7(5-12)10(13)14/h2-4,7H,5,12H2,1H3,(H,13,14). The fourth-order valence-corrected chi connectivity index (χ4v) is 2.17. The van der Waals surface area contributed by atoms with Crippen molar-refractivity contribution in [2.45, 2.75) is 10.8 Å². The van der Waals surface area contributed by atoms with E-state index in [0.29, 0.717) is 0 Å². The van der Waals surface area contributed by atoms with Crippen LogP contribution in [0.5, 0.6) is 0 Å². The van der Waals surface area contributed by atoms with Gasteiger partial charge >= 0.3 is 5.97 Å². The van der Waals surface area contributed by atoms with E-state index >= 15 is 0 Å². The van der Waals surface area contributed by atoms with Crippen LogP contribution in [0.2, 0.25) is 0 Å². The van der Waals surface area contributed by atoms with Gasteiger partial charge in [0.25, 0.3) is 0 Å². The monoisotopic (exact) mass is 261 g/mol. The van der Waals surface area contributed by atoms with Gasteiger partial charge in [0.05, 0.1) is 5.92 Å². The van der Waals surface area contributed by atoms with Gasteiger partial charge < -0.3 is 10.8 Å². The molecule has 1 rings (SSSR count). The Labute approximate surface area is 98.0 Å². The molecule has 7 heteroatoms. The molecular weight excluding hydrogens is 249 g/mol. The molecule has 0 fully saturated rings. The fourth-order valence-electron chi connectivity index (χ4n) is 1.40. The maximum absolute atomic E-state index is 13.3. The molecule has 0 spiro atoms. The highest BCUT2D eigenvalue weighted by molar-refractivity contribution is 7.90. The molecule has 0 amide bonds. The summed E-state index contributed by atoms with van der Waals surface area (Å²) in [6.45, 7) is -0.190. The van der Waals surface area contributed by atoms with E-state index in [2.05, 4.69) is 0 Å². The third-order valence-electron chi connectivity index (χ3n) is 2.29. The summed E-state index contributed by atoms with van der Waals surface area (Å²) >= 11 is 0. The first-order chi connectivity index (χ1) is 7.77. The van der Waals surface area contributed by atoms with Crippen LogP contribution in [0, 0.1) is 5.82 Å². The largest absolute Gasteiger partial charge is 0.481 e. The van der Waals surface area contributed by atoms with Gasteiger partial charge in [0.2, 0.25) is 0 Å². The number of carbonyl (C=O) groups is 1. The number of sulfone groups is 1. The van der Waals surface area contributed by atoms with Crippen molar-refractivity contribution < 1.29 is 22.7 Å². The van der Waals surface area contributed by atoms with Crippen LogP contribution in [0.4, 0.5) is 4.39 Å². The molecule has 0 bridgehead atoms. The molecule has 0 saturated carbocycles. The van der Waals surface area contributed by atoms with Gasteiger partial charge in [-0.25, -0.2) is 12.8 Å². The second-order valence-corrected chi connectivity index (χ2v) is 5.57. The molecule has 94 valence electrons. The Kier molecular flexibility index (Phi) is 3.84. The predicted octanol–water partition coefficient (Wildman–Crippen LogP) is 0.356. The summed E-state index contributed by atoms with van der Waals surface area (Å²) in [6.07, 6.45) is 0.855. The zero-order valence-corrected chi connectivity index (χ0v) is 9.87. The molecule has 17 heavy (non-hydrogen) atoms. The van der Waals surface area contributed by atoms with Gasteiger partial charge in [0.15, 0.2) is 9.84 Å². The van der Waals surface area contributed by atoms with Gasteiger partial charge in [0.1, 0.15) is 10.7 Å². The van der Waals surface area contributed by atoms with Gasteiger partial charge in [-0.3, -0.25) is 4.79 Å². The average Bonchev–Trinajstić information content (AvgIpc) is 2.19. The minimum atomic E-state index is -3.73. The Morgan fingerprint density at radius 2 is 2.12 bits per heavy atom. The highest BCUT2D eigenvalue weighted by Gasteiger charge is 2.21. The van der Waals surface area contributed by atoms with Crippen LogP contribution in [-0.4, -0.2) is 32.3 Å². The number of carboxylic acids is 1. The van der Waals surface area contributed by atoms with Crippen LogP contribution in [0.15, 0.2) is 23.1 Å². The summed E-state index contributed by atoms with van der Waals surface area (Å²) in [7, 11) is -3.73. The molecule has 0 aliphatic carbocycles. The van der Waals surface area contributed by atoms with Gasteiger partial charge in [0, 0.05) is 12.8 Å². The van der Waals surface area contributed by atoms with Crippen molar-refractivity contribution in [1.82, 2.24) is 0 Å². The third kappa shape index (κ3) is 3.01. The summed E-state index contributed by atoms with van der Waals surface area (Å²) < 4.78 is 35.8. The zero-order valence-electron chi connectivity index (χ0n) is 9.05. The van der Waals surface area contributed by atoms with E-state index in [4.69, 9.17) is 10.8 Å². The van der Waals surface area contributed by atoms with E-state index in [-0.39, 0.29) is 12.1 Å². The molecule has 0 aliphatic heterocycles. The van der Waals surface area contributed by atoms with Crippen LogP contribution in [-0.2, 0) is 14.6 Å². The number of benzene rings is 1. The maximum Gasteiger partial charge on any atom is 0.312 e. The smallest absolute Gasteiger partial charge is 0.312 e. The molecule has 1 aromatic rings. The topological polar surface area (TPSA) is 97.5 Å². The maximum atomic E-state index is 13.3. The Balaban J connectivity index is 3.35. The molecule has 0 aromatic heterocycles. The Bertz CT molecular complexity index is 541. The van der Waals surface area contributed by atoms with E-state index < -0.39 is 32.4 Å². The Morgan fingerprint density at radius 1 is 1.53 bits per heavy atom. The Morgan fingerprint density at radius 3 is 2.53 bits per heavy atom. The summed E-state index contributed by atoms with van der Waals surface area (Å²) in [6, 6.07) is 3.16. The van der Waals surface area contributed by atoms with Crippen LogP contribution in [0.25, 0.3) is 0 Å². The second-order valence-electron chi connectivity index (χ2n) is 3.59. The van der Waals surface area contributed by atoms with Gasteiger partial charge in [-0.1, -0.05) is 6.07 Å². The minimum absolute atomic E-state index is 0.168. The van der Waals surface area contributed by atoms with Gasteiger partial charge in [-0.05, 0) is 17.7 Å². The minimum Gasteiger partial charge on any atom is -0.481 e. The normalized spacial score (nSPS) is 13.4. The summed E-state index contributed by atoms with van der Waals surface area (Å²) in [4.78, 5) is 10.3. The summed E-state index contributed by atoms with van der Waals surface area (Å²) in [5.74, 6) is -3.13. The fraction of sp³-hybridized carbons (Fsp3) is 0.300. The lowest BCUT2D eigenvalue weighted by molar-refractivity contribution is -0.138. The van der Waals surface area contributed by atoms with Gasteiger partial charge in [-0.2, -0.15) is 0 Å². The first kappa shape index (κ1) is 13.6. The molecule has 0 saturated heterocycles. The van der Waals surface area contributed by atoms with Gasteiger partial charge in [-0.15, -0.1) is 0 Å². The van der Waals surface area contributed by atoms with E-state index in [9.17, 15) is 17.6 Å². The highest BCUT2D eigenvalue weighted by Crippen LogP contribution is 2.21. The predicted molar refractivity (Wildman–Crippen MR) is 58.9 cm³/mol. The van der Waals surface area contributed by atoms with Crippen molar-refractivity contribution >= 4 is 15.8 Å². The van der Waals surface area contributed by atoms with E-state index in [1.165, 1.54) is 6.07 Å². The lowest BCUT2D eigenvalue weighted by Gasteiger charge is -2.11. The zero-order chi connectivity index (χ0) is 13.2. The molecule has 1 aromatic carbocycles. The first-order valence-corrected chi connectivity index (χ1v) is 6.59. The number of hydrogen-bond acceptors (Lipinski definition) is 4. The average molecular weight is 261 g/mol. The van der Waals surface area contributed by atoms with Crippen molar-refractivity contribution in [2.24, 2.45) is 5.73 Å². The highest BCUT2D eigenvalue weighted by atomic mass is 32.2. The second kappa shape index (κ2) is 4.80. The van der Waals surface area contributed by atoms with Crippen LogP contribution in [0.1, 0.15) is 11.5 Å². The molecule has 0 aliphatic rings. The quantitative estimate of drug-likeness (QED) is 0.815. The molecule has 1 unspecified atom stereocenters. The Hall–Kier alpha value is -1.47. The molecule has 3 N–H and O–H groups in total. The van der Waals surface area contributed by atoms with Crippen molar-refractivity contribution in [2.75, 3.05) is 12.8 Å². The number of carboxylic acid groups (broad SMARTS) is 1. The van der Waals surface area contributed by atoms with E-state index in [0.717, 1.165) is 18.4 Å². The lowest BCUT2D eigenvalue weighted by atomic mass is 10.00. The van der Waals surface area contributed by atoms with Crippen molar-refractivity contribution in [1.29, 1.82) is 0 Å². The number of aliphatic carboxylic acids is 1. The summed E-state index contributed by atoms with van der Waals surface area (Å²) in [5, 5.41) is 8.87. The molecule has 1 atom stereocenters. The van der Waals surface area contributed by atoms with Crippen LogP contribution >= 0.6 is 0 Å². The molecule has 5 nitrogen and oxygen atoms in total. The number of halogens is 1. The molecule has 0 heterocycles. The number of hydrogen-bond donors (Lipinski definition) is 2.